The Bertz CT molecular complexity index is 110. The highest BCUT2D eigenvalue weighted by atomic mass is 16.3. The van der Waals surface area contributed by atoms with Crippen molar-refractivity contribution in [3.05, 3.63) is 0 Å². The van der Waals surface area contributed by atoms with Crippen LogP contribution < -0.4 is 5.32 Å². The van der Waals surface area contributed by atoms with Gasteiger partial charge in [-0.3, -0.25) is 5.32 Å². The van der Waals surface area contributed by atoms with E-state index in [1.54, 1.807) is 6.92 Å². The summed E-state index contributed by atoms with van der Waals surface area (Å²) in [4.78, 5) is 0. The minimum absolute atomic E-state index is 0.352. The van der Waals surface area contributed by atoms with Gasteiger partial charge in [-0.15, -0.1) is 0 Å². The van der Waals surface area contributed by atoms with Crippen molar-refractivity contribution in [2.75, 3.05) is 33.0 Å². The number of aliphatic hydroxyl groups is 5. The Kier molecular flexibility index (Phi) is 11.8. The van der Waals surface area contributed by atoms with Crippen LogP contribution in [-0.4, -0.2) is 64.7 Å². The lowest BCUT2D eigenvalue weighted by molar-refractivity contribution is -0.0328. The second kappa shape index (κ2) is 10.3. The quantitative estimate of drug-likeness (QED) is 0.288. The maximum absolute atomic E-state index is 8.50. The van der Waals surface area contributed by atoms with Crippen LogP contribution in [0.25, 0.3) is 0 Å². The highest BCUT2D eigenvalue weighted by molar-refractivity contribution is 4.74. The van der Waals surface area contributed by atoms with E-state index in [2.05, 4.69) is 5.32 Å². The van der Waals surface area contributed by atoms with E-state index in [4.69, 9.17) is 25.5 Å². The van der Waals surface area contributed by atoms with Crippen LogP contribution in [0.1, 0.15) is 13.8 Å². The number of rotatable bonds is 6. The molecule has 0 aliphatic rings. The minimum atomic E-state index is -1.11. The van der Waals surface area contributed by atoms with Crippen LogP contribution in [-0.2, 0) is 0 Å². The van der Waals surface area contributed by atoms with E-state index >= 15 is 0 Å². The molecule has 0 saturated heterocycles. The Labute approximate surface area is 90.2 Å². The third-order valence-corrected chi connectivity index (χ3v) is 1.84. The van der Waals surface area contributed by atoms with Crippen molar-refractivity contribution in [1.82, 2.24) is 5.32 Å². The summed E-state index contributed by atoms with van der Waals surface area (Å²) < 4.78 is 0. The first-order chi connectivity index (χ1) is 7.01. The first-order valence-corrected chi connectivity index (χ1v) is 4.86. The predicted octanol–water partition coefficient (Wildman–Crippen LogP) is -2.12. The molecular formula is C9H23NO5. The highest BCUT2D eigenvalue weighted by Crippen LogP contribution is 2.11. The lowest BCUT2D eigenvalue weighted by Crippen LogP contribution is -2.37. The van der Waals surface area contributed by atoms with Crippen molar-refractivity contribution >= 4 is 0 Å². The molecule has 94 valence electrons. The Morgan fingerprint density at radius 2 is 1.33 bits per heavy atom. The summed E-state index contributed by atoms with van der Waals surface area (Å²) in [5, 5.41) is 45.2. The lowest BCUT2D eigenvalue weighted by Gasteiger charge is -2.23. The largest absolute Gasteiger partial charge is 0.396 e. The first kappa shape index (κ1) is 17.2. The van der Waals surface area contributed by atoms with Crippen LogP contribution >= 0.6 is 0 Å². The molecule has 0 saturated carbocycles. The van der Waals surface area contributed by atoms with Gasteiger partial charge in [0.1, 0.15) is 6.23 Å². The van der Waals surface area contributed by atoms with Gasteiger partial charge in [-0.05, 0) is 13.5 Å². The number of hydrogen-bond donors (Lipinski definition) is 6. The molecule has 15 heavy (non-hydrogen) atoms. The molecule has 1 unspecified atom stereocenters. The van der Waals surface area contributed by atoms with Crippen molar-refractivity contribution in [1.29, 1.82) is 0 Å². The summed E-state index contributed by atoms with van der Waals surface area (Å²) >= 11 is 0. The maximum Gasteiger partial charge on any atom is 0.102 e. The standard InChI is InChI=1S/C5H12O4.C4H11NO/c6-1-5(2-7,3-8)4-9;1-3-5-4(2)6/h6-9H,1-4H2;4-6H,3H2,1-2H3. The number of nitrogens with one attached hydrogen (secondary N) is 1. The molecule has 0 aromatic rings. The summed E-state index contributed by atoms with van der Waals surface area (Å²) in [6, 6.07) is 0. The molecule has 1 atom stereocenters. The summed E-state index contributed by atoms with van der Waals surface area (Å²) in [6.07, 6.45) is -0.352. The predicted molar refractivity (Wildman–Crippen MR) is 56.1 cm³/mol. The molecule has 0 aliphatic carbocycles. The van der Waals surface area contributed by atoms with Crippen LogP contribution in [0.4, 0.5) is 0 Å². The third kappa shape index (κ3) is 8.73. The van der Waals surface area contributed by atoms with E-state index < -0.39 is 31.8 Å². The Balaban J connectivity index is 0. The van der Waals surface area contributed by atoms with Crippen LogP contribution in [0.2, 0.25) is 0 Å². The maximum atomic E-state index is 8.50. The van der Waals surface area contributed by atoms with Crippen LogP contribution in [0.5, 0.6) is 0 Å². The smallest absolute Gasteiger partial charge is 0.102 e. The SMILES string of the molecule is CCNC(C)O.OCC(CO)(CO)CO. The number of aliphatic hydroxyl groups excluding tert-OH is 5. The van der Waals surface area contributed by atoms with Crippen molar-refractivity contribution in [3.8, 4) is 0 Å². The second-order valence-electron chi connectivity index (χ2n) is 3.37. The molecule has 0 aromatic carbocycles. The van der Waals surface area contributed by atoms with Gasteiger partial charge in [0, 0.05) is 0 Å². The summed E-state index contributed by atoms with van der Waals surface area (Å²) in [6.45, 7) is 2.86. The van der Waals surface area contributed by atoms with E-state index in [1.165, 1.54) is 0 Å². The molecular weight excluding hydrogens is 202 g/mol. The molecule has 0 rings (SSSR count). The first-order valence-electron chi connectivity index (χ1n) is 4.86. The molecule has 0 aliphatic heterocycles. The highest BCUT2D eigenvalue weighted by Gasteiger charge is 2.26. The fourth-order valence-corrected chi connectivity index (χ4v) is 0.595. The third-order valence-electron chi connectivity index (χ3n) is 1.84. The van der Waals surface area contributed by atoms with Crippen molar-refractivity contribution in [3.63, 3.8) is 0 Å². The lowest BCUT2D eigenvalue weighted by atomic mass is 9.93. The van der Waals surface area contributed by atoms with Gasteiger partial charge in [0.15, 0.2) is 0 Å². The molecule has 6 heteroatoms. The van der Waals surface area contributed by atoms with E-state index in [0.717, 1.165) is 6.54 Å². The molecule has 6 N–H and O–H groups in total. The average molecular weight is 225 g/mol. The van der Waals surface area contributed by atoms with Gasteiger partial charge < -0.3 is 25.5 Å². The van der Waals surface area contributed by atoms with Gasteiger partial charge in [-0.25, -0.2) is 0 Å². The van der Waals surface area contributed by atoms with E-state index in [-0.39, 0.29) is 6.23 Å². The summed E-state index contributed by atoms with van der Waals surface area (Å²) in [7, 11) is 0. The number of hydrogen-bond acceptors (Lipinski definition) is 6. The molecule has 0 heterocycles. The zero-order valence-corrected chi connectivity index (χ0v) is 9.35. The Morgan fingerprint density at radius 1 is 1.00 bits per heavy atom. The molecule has 0 radical (unpaired) electrons. The van der Waals surface area contributed by atoms with E-state index in [0.29, 0.717) is 0 Å². The molecule has 0 aromatic heterocycles. The van der Waals surface area contributed by atoms with Crippen molar-refractivity contribution < 1.29 is 25.5 Å². The molecule has 0 amide bonds. The summed E-state index contributed by atoms with van der Waals surface area (Å²) in [5.41, 5.74) is -1.11. The van der Waals surface area contributed by atoms with Crippen LogP contribution in [0.3, 0.4) is 0 Å². The zero-order valence-electron chi connectivity index (χ0n) is 9.35. The van der Waals surface area contributed by atoms with Gasteiger partial charge in [0.25, 0.3) is 0 Å². The zero-order chi connectivity index (χ0) is 12.3. The van der Waals surface area contributed by atoms with Gasteiger partial charge >= 0.3 is 0 Å². The molecule has 6 nitrogen and oxygen atoms in total. The summed E-state index contributed by atoms with van der Waals surface area (Å²) in [5.74, 6) is 0. The van der Waals surface area contributed by atoms with Gasteiger partial charge in [0.05, 0.1) is 31.8 Å². The topological polar surface area (TPSA) is 113 Å². The monoisotopic (exact) mass is 225 g/mol. The fourth-order valence-electron chi connectivity index (χ4n) is 0.595. The van der Waals surface area contributed by atoms with Gasteiger partial charge in [-0.1, -0.05) is 6.92 Å². The molecule has 0 spiro atoms. The Hall–Kier alpha value is -0.240. The van der Waals surface area contributed by atoms with Gasteiger partial charge in [0.2, 0.25) is 0 Å². The second-order valence-corrected chi connectivity index (χ2v) is 3.37. The minimum Gasteiger partial charge on any atom is -0.396 e. The van der Waals surface area contributed by atoms with Crippen LogP contribution in [0.15, 0.2) is 0 Å². The van der Waals surface area contributed by atoms with Crippen molar-refractivity contribution in [2.24, 2.45) is 5.41 Å². The molecule has 0 fully saturated rings. The Morgan fingerprint density at radius 3 is 1.33 bits per heavy atom. The van der Waals surface area contributed by atoms with Crippen molar-refractivity contribution in [2.45, 2.75) is 20.1 Å². The van der Waals surface area contributed by atoms with E-state index in [1.807, 2.05) is 6.92 Å². The van der Waals surface area contributed by atoms with Gasteiger partial charge in [-0.2, -0.15) is 0 Å². The normalized spacial score (nSPS) is 13.0. The van der Waals surface area contributed by atoms with E-state index in [9.17, 15) is 0 Å². The fraction of sp³-hybridized carbons (Fsp3) is 1.00. The molecule has 0 bridgehead atoms. The van der Waals surface area contributed by atoms with Crippen LogP contribution in [0, 0.1) is 5.41 Å². The average Bonchev–Trinajstić information content (AvgIpc) is 2.23.